The molecule has 0 rings (SSSR count). The Labute approximate surface area is 130 Å². The van der Waals surface area contributed by atoms with Gasteiger partial charge in [-0.3, -0.25) is 9.00 Å². The van der Waals surface area contributed by atoms with Gasteiger partial charge in [-0.05, 0) is 12.8 Å². The molecule has 0 aromatic rings. The van der Waals surface area contributed by atoms with Crippen LogP contribution in [0.3, 0.4) is 0 Å². The number of thioether (sulfide) groups is 1. The molecule has 0 aromatic carbocycles. The fourth-order valence-electron chi connectivity index (χ4n) is 1.25. The van der Waals surface area contributed by atoms with Crippen LogP contribution in [-0.4, -0.2) is 55.9 Å². The molecule has 0 fully saturated rings. The number of hydrogen-bond donors (Lipinski definition) is 3. The summed E-state index contributed by atoms with van der Waals surface area (Å²) in [6, 6.07) is -0.945. The maximum Gasteiger partial charge on any atom is 0.327 e. The van der Waals surface area contributed by atoms with Gasteiger partial charge in [0, 0.05) is 42.0 Å². The number of rotatable bonds is 9. The van der Waals surface area contributed by atoms with Gasteiger partial charge in [-0.25, -0.2) is 4.79 Å². The Morgan fingerprint density at radius 3 is 2.55 bits per heavy atom. The van der Waals surface area contributed by atoms with Gasteiger partial charge in [0.1, 0.15) is 10.4 Å². The molecule has 20 heavy (non-hydrogen) atoms. The Kier molecular flexibility index (Phi) is 10.7. The highest BCUT2D eigenvalue weighted by atomic mass is 32.2. The molecular weight excluding hydrogens is 320 g/mol. The second kappa shape index (κ2) is 11.0. The zero-order valence-corrected chi connectivity index (χ0v) is 14.0. The van der Waals surface area contributed by atoms with Crippen molar-refractivity contribution in [2.75, 3.05) is 24.3 Å². The lowest BCUT2D eigenvalue weighted by molar-refractivity contribution is -0.140. The van der Waals surface area contributed by atoms with Crippen LogP contribution in [0, 0.1) is 0 Å². The molecule has 0 aliphatic heterocycles. The topological polar surface area (TPSA) is 95.5 Å². The van der Waals surface area contributed by atoms with E-state index in [4.69, 9.17) is 17.3 Å². The van der Waals surface area contributed by atoms with Crippen LogP contribution in [0.25, 0.3) is 0 Å². The van der Waals surface area contributed by atoms with Crippen LogP contribution in [0.4, 0.5) is 0 Å². The smallest absolute Gasteiger partial charge is 0.327 e. The van der Waals surface area contributed by atoms with E-state index in [1.165, 1.54) is 18.7 Å². The fourth-order valence-corrected chi connectivity index (χ4v) is 2.92. The number of carboxylic acids is 1. The highest BCUT2D eigenvalue weighted by Crippen LogP contribution is 2.05. The molecule has 3 N–H and O–H groups in total. The third kappa shape index (κ3) is 11.2. The van der Waals surface area contributed by atoms with E-state index in [0.29, 0.717) is 16.6 Å². The van der Waals surface area contributed by atoms with Crippen LogP contribution in [0.1, 0.15) is 19.8 Å². The fraction of sp³-hybridized carbons (Fsp3) is 0.727. The molecule has 0 heterocycles. The third-order valence-corrected chi connectivity index (χ3v) is 4.45. The molecule has 0 aliphatic carbocycles. The van der Waals surface area contributed by atoms with E-state index in [9.17, 15) is 13.8 Å². The predicted molar refractivity (Wildman–Crippen MR) is 86.5 cm³/mol. The first-order chi connectivity index (χ1) is 9.32. The van der Waals surface area contributed by atoms with E-state index >= 15 is 0 Å². The molecule has 1 amide bonds. The molecule has 0 bridgehead atoms. The highest BCUT2D eigenvalue weighted by Gasteiger charge is 2.18. The van der Waals surface area contributed by atoms with Crippen molar-refractivity contribution < 1.29 is 18.9 Å². The maximum absolute atomic E-state index is 10.9. The molecule has 0 aromatic heterocycles. The number of unbranched alkanes of at least 4 members (excludes halogenated alkanes) is 1. The standard InChI is InChI=1S/C11H20N2O4S3/c1-8(14)13-9(10(15)16)7-19-11(18)12-5-3-4-6-20(2)17/h9H,3-7H2,1-2H3,(H,12,18)(H,13,14)(H,15,16)/t9-,20?/m0/s1. The van der Waals surface area contributed by atoms with Crippen molar-refractivity contribution in [3.8, 4) is 0 Å². The van der Waals surface area contributed by atoms with Crippen LogP contribution >= 0.6 is 24.0 Å². The summed E-state index contributed by atoms with van der Waals surface area (Å²) in [6.07, 6.45) is 3.38. The van der Waals surface area contributed by atoms with Gasteiger partial charge in [-0.2, -0.15) is 0 Å². The maximum atomic E-state index is 10.9. The average Bonchev–Trinajstić information content (AvgIpc) is 2.32. The molecule has 6 nitrogen and oxygen atoms in total. The van der Waals surface area contributed by atoms with Crippen molar-refractivity contribution in [2.24, 2.45) is 0 Å². The van der Waals surface area contributed by atoms with Gasteiger partial charge >= 0.3 is 5.97 Å². The zero-order valence-electron chi connectivity index (χ0n) is 11.5. The largest absolute Gasteiger partial charge is 0.480 e. The number of thiocarbonyl (C=S) groups is 1. The molecule has 0 radical (unpaired) electrons. The first-order valence-corrected chi connectivity index (χ1v) is 9.15. The molecule has 0 saturated heterocycles. The van der Waals surface area contributed by atoms with E-state index in [-0.39, 0.29) is 11.7 Å². The zero-order chi connectivity index (χ0) is 15.5. The van der Waals surface area contributed by atoms with Crippen LogP contribution in [0.15, 0.2) is 0 Å². The van der Waals surface area contributed by atoms with E-state index in [1.54, 1.807) is 6.26 Å². The van der Waals surface area contributed by atoms with Gasteiger partial charge in [0.05, 0.1) is 0 Å². The number of carbonyl (C=O) groups excluding carboxylic acids is 1. The summed E-state index contributed by atoms with van der Waals surface area (Å²) in [5.74, 6) is -0.615. The normalized spacial score (nSPS) is 13.3. The molecule has 0 aliphatic rings. The van der Waals surface area contributed by atoms with E-state index in [0.717, 1.165) is 12.8 Å². The summed E-state index contributed by atoms with van der Waals surface area (Å²) in [6.45, 7) is 1.94. The summed E-state index contributed by atoms with van der Waals surface area (Å²) in [4.78, 5) is 21.7. The van der Waals surface area contributed by atoms with Crippen LogP contribution in [0.5, 0.6) is 0 Å². The van der Waals surface area contributed by atoms with Crippen molar-refractivity contribution in [1.29, 1.82) is 0 Å². The van der Waals surface area contributed by atoms with E-state index < -0.39 is 22.8 Å². The number of hydrogen-bond acceptors (Lipinski definition) is 5. The molecular formula is C11H20N2O4S3. The lowest BCUT2D eigenvalue weighted by Gasteiger charge is -2.13. The van der Waals surface area contributed by atoms with Gasteiger partial charge in [0.2, 0.25) is 5.91 Å². The lowest BCUT2D eigenvalue weighted by Crippen LogP contribution is -2.42. The molecule has 9 heteroatoms. The first-order valence-electron chi connectivity index (χ1n) is 6.03. The van der Waals surface area contributed by atoms with Crippen molar-refractivity contribution in [3.63, 3.8) is 0 Å². The quantitative estimate of drug-likeness (QED) is 0.411. The van der Waals surface area contributed by atoms with Crippen LogP contribution < -0.4 is 10.6 Å². The van der Waals surface area contributed by atoms with Crippen molar-refractivity contribution in [3.05, 3.63) is 0 Å². The second-order valence-corrected chi connectivity index (χ2v) is 7.35. The summed E-state index contributed by atoms with van der Waals surface area (Å²) in [5.41, 5.74) is 0. The summed E-state index contributed by atoms with van der Waals surface area (Å²) in [7, 11) is -0.772. The van der Waals surface area contributed by atoms with Gasteiger partial charge in [0.15, 0.2) is 0 Å². The number of carboxylic acid groups (broad SMARTS) is 1. The van der Waals surface area contributed by atoms with Gasteiger partial charge in [-0.1, -0.05) is 24.0 Å². The summed E-state index contributed by atoms with van der Waals surface area (Å²) >= 11 is 6.24. The van der Waals surface area contributed by atoms with Crippen molar-refractivity contribution in [2.45, 2.75) is 25.8 Å². The molecule has 0 saturated carbocycles. The Bertz CT molecular complexity index is 377. The van der Waals surface area contributed by atoms with Crippen LogP contribution in [-0.2, 0) is 20.4 Å². The summed E-state index contributed by atoms with van der Waals surface area (Å²) < 4.78 is 11.3. The van der Waals surface area contributed by atoms with Gasteiger partial charge < -0.3 is 15.7 Å². The number of nitrogens with one attached hydrogen (secondary N) is 2. The van der Waals surface area contributed by atoms with Crippen molar-refractivity contribution >= 4 is 51.0 Å². The minimum Gasteiger partial charge on any atom is -0.480 e. The summed E-state index contributed by atoms with van der Waals surface area (Å²) in [5, 5.41) is 14.2. The Hall–Kier alpha value is -0.670. The third-order valence-electron chi connectivity index (χ3n) is 2.18. The predicted octanol–water partition coefficient (Wildman–Crippen LogP) is 0.342. The molecule has 1 unspecified atom stereocenters. The second-order valence-electron chi connectivity index (χ2n) is 4.10. The van der Waals surface area contributed by atoms with E-state index in [1.807, 2.05) is 0 Å². The van der Waals surface area contributed by atoms with Gasteiger partial charge in [0.25, 0.3) is 0 Å². The highest BCUT2D eigenvalue weighted by molar-refractivity contribution is 8.23. The Morgan fingerprint density at radius 1 is 1.40 bits per heavy atom. The van der Waals surface area contributed by atoms with Gasteiger partial charge in [-0.15, -0.1) is 0 Å². The SMILES string of the molecule is CC(=O)N[C@@H](CSC(=S)NCCCCS(C)=O)C(=O)O. The number of carbonyl (C=O) groups is 2. The van der Waals surface area contributed by atoms with Crippen molar-refractivity contribution in [1.82, 2.24) is 10.6 Å². The first kappa shape index (κ1) is 19.3. The Morgan fingerprint density at radius 2 is 2.05 bits per heavy atom. The van der Waals surface area contributed by atoms with E-state index in [2.05, 4.69) is 10.6 Å². The molecule has 2 atom stereocenters. The number of aliphatic carboxylic acids is 1. The van der Waals surface area contributed by atoms with Crippen LogP contribution in [0.2, 0.25) is 0 Å². The lowest BCUT2D eigenvalue weighted by atomic mass is 10.3. The Balaban J connectivity index is 3.82. The minimum atomic E-state index is -1.08. The monoisotopic (exact) mass is 340 g/mol. The minimum absolute atomic E-state index is 0.180. The average molecular weight is 340 g/mol. The molecule has 0 spiro atoms. The number of amides is 1. The molecule has 116 valence electrons.